The third kappa shape index (κ3) is 8.14. The number of nitrogens with one attached hydrogen (secondary N) is 3. The van der Waals surface area contributed by atoms with Crippen molar-refractivity contribution in [2.45, 2.75) is 52.5 Å². The normalized spacial score (nSPS) is 17.2. The lowest BCUT2D eigenvalue weighted by molar-refractivity contribution is -0.0435. The van der Waals surface area contributed by atoms with Crippen LogP contribution in [0.4, 0.5) is 24.8 Å². The standard InChI is InChI=1S/C28H36F3N7O5S3/c1-20-17-23(46(41,42)36-27-35-34-25-7-9-32-10-12-38(25)27)18-24(45(39,40)28(29,30)31)26(20)33-21(8-11-37-13-15-43-16-14-37)19-44-22-5-3-2-4-6-22/h2-6,17-18,21,32-33H,7-16,19H2,1H3,(H,35,36)/t21-/m1/s1. The molecule has 1 atom stereocenters. The molecule has 0 unspecified atom stereocenters. The van der Waals surface area contributed by atoms with Crippen LogP contribution in [0.1, 0.15) is 17.8 Å². The van der Waals surface area contributed by atoms with Gasteiger partial charge in [-0.3, -0.25) is 9.47 Å². The molecule has 2 aliphatic heterocycles. The average Bonchev–Trinajstić information content (AvgIpc) is 3.23. The maximum absolute atomic E-state index is 14.1. The van der Waals surface area contributed by atoms with Gasteiger partial charge in [-0.05, 0) is 43.2 Å². The average molecular weight is 704 g/mol. The molecular formula is C28H36F3N7O5S3. The Labute approximate surface area is 270 Å². The minimum absolute atomic E-state index is 0.0241. The van der Waals surface area contributed by atoms with Crippen molar-refractivity contribution in [2.24, 2.45) is 0 Å². The van der Waals surface area contributed by atoms with Gasteiger partial charge in [0.15, 0.2) is 0 Å². The lowest BCUT2D eigenvalue weighted by Gasteiger charge is -2.29. The molecule has 12 nitrogen and oxygen atoms in total. The number of benzene rings is 2. The zero-order chi connectivity index (χ0) is 33.0. The monoisotopic (exact) mass is 703 g/mol. The fourth-order valence-electron chi connectivity index (χ4n) is 5.20. The molecule has 0 amide bonds. The molecule has 1 saturated heterocycles. The maximum Gasteiger partial charge on any atom is 0.501 e. The highest BCUT2D eigenvalue weighted by Crippen LogP contribution is 2.38. The van der Waals surface area contributed by atoms with E-state index in [1.54, 1.807) is 4.57 Å². The van der Waals surface area contributed by atoms with Crippen LogP contribution in [0.2, 0.25) is 0 Å². The van der Waals surface area contributed by atoms with Crippen molar-refractivity contribution in [3.05, 3.63) is 53.9 Å². The topological polar surface area (TPSA) is 148 Å². The second kappa shape index (κ2) is 14.5. The molecule has 0 bridgehead atoms. The molecule has 1 aromatic heterocycles. The van der Waals surface area contributed by atoms with E-state index in [9.17, 15) is 30.0 Å². The number of sulfonamides is 1. The molecule has 0 saturated carbocycles. The van der Waals surface area contributed by atoms with Crippen molar-refractivity contribution in [3.8, 4) is 0 Å². The van der Waals surface area contributed by atoms with E-state index in [1.807, 2.05) is 30.3 Å². The Balaban J connectivity index is 1.48. The summed E-state index contributed by atoms with van der Waals surface area (Å²) in [7, 11) is -10.5. The number of nitrogens with zero attached hydrogens (tertiary/aromatic N) is 4. The summed E-state index contributed by atoms with van der Waals surface area (Å²) >= 11 is 1.48. The van der Waals surface area contributed by atoms with Gasteiger partial charge in [0.25, 0.3) is 19.9 Å². The Morgan fingerprint density at radius 1 is 1.04 bits per heavy atom. The van der Waals surface area contributed by atoms with E-state index in [-0.39, 0.29) is 17.2 Å². The highest BCUT2D eigenvalue weighted by atomic mass is 32.2. The van der Waals surface area contributed by atoms with E-state index in [0.29, 0.717) is 83.0 Å². The Morgan fingerprint density at radius 3 is 2.50 bits per heavy atom. The summed E-state index contributed by atoms with van der Waals surface area (Å²) in [5.74, 6) is 0.837. The van der Waals surface area contributed by atoms with Crippen LogP contribution in [0.3, 0.4) is 0 Å². The van der Waals surface area contributed by atoms with Gasteiger partial charge in [0.1, 0.15) is 10.7 Å². The number of sulfone groups is 1. The third-order valence-corrected chi connectivity index (χ3v) is 11.7. The van der Waals surface area contributed by atoms with Crippen molar-refractivity contribution in [1.29, 1.82) is 0 Å². The van der Waals surface area contributed by atoms with E-state index >= 15 is 0 Å². The predicted molar refractivity (Wildman–Crippen MR) is 168 cm³/mol. The van der Waals surface area contributed by atoms with Crippen molar-refractivity contribution >= 4 is 43.3 Å². The van der Waals surface area contributed by atoms with Crippen LogP contribution in [0.5, 0.6) is 0 Å². The SMILES string of the molecule is Cc1cc(S(=O)(=O)Nc2nnc3n2CCNCC3)cc(S(=O)(=O)C(F)(F)F)c1N[C@H](CCN1CCOCC1)CSc1ccccc1. The van der Waals surface area contributed by atoms with Crippen LogP contribution in [-0.4, -0.2) is 99.7 Å². The number of ether oxygens (including phenoxy) is 1. The second-order valence-corrected chi connectivity index (χ2v) is 15.7. The summed E-state index contributed by atoms with van der Waals surface area (Å²) in [6.07, 6.45) is 0.983. The minimum atomic E-state index is -5.97. The van der Waals surface area contributed by atoms with Crippen molar-refractivity contribution in [3.63, 3.8) is 0 Å². The predicted octanol–water partition coefficient (Wildman–Crippen LogP) is 3.12. The first-order valence-electron chi connectivity index (χ1n) is 14.7. The number of anilines is 2. The zero-order valence-corrected chi connectivity index (χ0v) is 27.5. The Bertz CT molecular complexity index is 1720. The molecule has 0 spiro atoms. The number of halogens is 3. The van der Waals surface area contributed by atoms with Gasteiger partial charge in [-0.2, -0.15) is 13.2 Å². The van der Waals surface area contributed by atoms with Gasteiger partial charge >= 0.3 is 5.51 Å². The lowest BCUT2D eigenvalue weighted by Crippen LogP contribution is -2.39. The summed E-state index contributed by atoms with van der Waals surface area (Å²) < 4.78 is 104. The number of morpholine rings is 1. The van der Waals surface area contributed by atoms with Crippen LogP contribution in [0, 0.1) is 6.92 Å². The number of hydrogen-bond acceptors (Lipinski definition) is 11. The Kier molecular flexibility index (Phi) is 10.8. The molecule has 5 rings (SSSR count). The van der Waals surface area contributed by atoms with E-state index in [2.05, 4.69) is 30.5 Å². The number of hydrogen-bond donors (Lipinski definition) is 3. The molecule has 3 heterocycles. The van der Waals surface area contributed by atoms with Crippen molar-refractivity contribution in [2.75, 3.05) is 61.7 Å². The molecule has 18 heteroatoms. The quantitative estimate of drug-likeness (QED) is 0.239. The summed E-state index contributed by atoms with van der Waals surface area (Å²) in [5, 5.41) is 14.2. The van der Waals surface area contributed by atoms with Gasteiger partial charge in [0, 0.05) is 62.4 Å². The van der Waals surface area contributed by atoms with Crippen molar-refractivity contribution < 1.29 is 34.7 Å². The first-order chi connectivity index (χ1) is 21.8. The molecule has 0 radical (unpaired) electrons. The highest BCUT2D eigenvalue weighted by Gasteiger charge is 2.49. The highest BCUT2D eigenvalue weighted by molar-refractivity contribution is 7.99. The van der Waals surface area contributed by atoms with Gasteiger partial charge in [-0.15, -0.1) is 22.0 Å². The van der Waals surface area contributed by atoms with E-state index in [0.717, 1.165) is 11.0 Å². The van der Waals surface area contributed by atoms with Crippen LogP contribution in [-0.2, 0) is 37.6 Å². The van der Waals surface area contributed by atoms with Crippen LogP contribution in [0.25, 0.3) is 0 Å². The fourth-order valence-corrected chi connectivity index (χ4v) is 8.41. The first-order valence-corrected chi connectivity index (χ1v) is 18.7. The number of fused-ring (bicyclic) bond motifs is 1. The molecule has 46 heavy (non-hydrogen) atoms. The molecule has 3 N–H and O–H groups in total. The number of thioether (sulfide) groups is 1. The van der Waals surface area contributed by atoms with E-state index < -0.39 is 41.2 Å². The maximum atomic E-state index is 14.1. The number of alkyl halides is 3. The molecule has 0 aliphatic carbocycles. The Hall–Kier alpha value is -2.90. The lowest BCUT2D eigenvalue weighted by atomic mass is 10.1. The third-order valence-electron chi connectivity index (χ3n) is 7.71. The molecule has 2 aromatic carbocycles. The molecule has 1 fully saturated rings. The molecule has 2 aliphatic rings. The second-order valence-electron chi connectivity index (χ2n) is 11.0. The first kappa shape index (κ1) is 34.4. The molecule has 3 aromatic rings. The summed E-state index contributed by atoms with van der Waals surface area (Å²) in [6.45, 7) is 6.05. The van der Waals surface area contributed by atoms with Crippen molar-refractivity contribution in [1.82, 2.24) is 25.0 Å². The van der Waals surface area contributed by atoms with Gasteiger partial charge in [-0.25, -0.2) is 21.6 Å². The number of aromatic nitrogens is 3. The van der Waals surface area contributed by atoms with Gasteiger partial charge < -0.3 is 15.4 Å². The van der Waals surface area contributed by atoms with Crippen LogP contribution in [0.15, 0.2) is 57.2 Å². The van der Waals surface area contributed by atoms with Gasteiger partial charge in [-0.1, -0.05) is 18.2 Å². The van der Waals surface area contributed by atoms with Gasteiger partial charge in [0.05, 0.1) is 23.8 Å². The van der Waals surface area contributed by atoms with Gasteiger partial charge in [0.2, 0.25) is 5.95 Å². The molecule has 252 valence electrons. The summed E-state index contributed by atoms with van der Waals surface area (Å²) in [4.78, 5) is 1.31. The largest absolute Gasteiger partial charge is 0.501 e. The fraction of sp³-hybridized carbons (Fsp3) is 0.500. The number of aryl methyl sites for hydroxylation is 1. The number of rotatable bonds is 12. The van der Waals surface area contributed by atoms with E-state index in [1.165, 1.54) is 18.7 Å². The van der Waals surface area contributed by atoms with Crippen LogP contribution >= 0.6 is 11.8 Å². The van der Waals surface area contributed by atoms with E-state index in [4.69, 9.17) is 4.74 Å². The minimum Gasteiger partial charge on any atom is -0.380 e. The van der Waals surface area contributed by atoms with Crippen LogP contribution < -0.4 is 15.4 Å². The zero-order valence-electron chi connectivity index (χ0n) is 25.1. The Morgan fingerprint density at radius 2 is 1.78 bits per heavy atom. The summed E-state index contributed by atoms with van der Waals surface area (Å²) in [6, 6.07) is 10.7. The smallest absolute Gasteiger partial charge is 0.380 e. The summed E-state index contributed by atoms with van der Waals surface area (Å²) in [5.41, 5.74) is -5.94. The molecular weight excluding hydrogens is 668 g/mol.